The monoisotopic (exact) mass is 235 g/mol. The van der Waals surface area contributed by atoms with Crippen LogP contribution < -0.4 is 0 Å². The third-order valence-corrected chi connectivity index (χ3v) is 3.43. The standard InChI is InChI=1S/C14H21NO2/c16-13-7-6-12(11-14(13)17)5-1-2-8-15-9-3-4-10-15/h6-7,11,16-17H,1-5,8-10H2. The van der Waals surface area contributed by atoms with Crippen LogP contribution in [0.2, 0.25) is 0 Å². The molecule has 0 amide bonds. The summed E-state index contributed by atoms with van der Waals surface area (Å²) in [4.78, 5) is 2.52. The lowest BCUT2D eigenvalue weighted by molar-refractivity contribution is 0.330. The number of phenols is 2. The van der Waals surface area contributed by atoms with E-state index in [-0.39, 0.29) is 11.5 Å². The van der Waals surface area contributed by atoms with Gasteiger partial charge in [0.05, 0.1) is 0 Å². The maximum absolute atomic E-state index is 9.37. The first-order chi connectivity index (χ1) is 8.25. The van der Waals surface area contributed by atoms with E-state index >= 15 is 0 Å². The number of hydrogen-bond acceptors (Lipinski definition) is 3. The fraction of sp³-hybridized carbons (Fsp3) is 0.571. The molecule has 0 radical (unpaired) electrons. The molecule has 94 valence electrons. The zero-order valence-corrected chi connectivity index (χ0v) is 10.2. The summed E-state index contributed by atoms with van der Waals surface area (Å²) in [5.41, 5.74) is 1.10. The van der Waals surface area contributed by atoms with Crippen LogP contribution in [0, 0.1) is 0 Å². The molecule has 0 aliphatic carbocycles. The molecule has 0 spiro atoms. The van der Waals surface area contributed by atoms with Crippen LogP contribution in [0.1, 0.15) is 31.2 Å². The second-order valence-corrected chi connectivity index (χ2v) is 4.83. The third kappa shape index (κ3) is 3.63. The zero-order valence-electron chi connectivity index (χ0n) is 10.2. The first-order valence-electron chi connectivity index (χ1n) is 6.49. The quantitative estimate of drug-likeness (QED) is 0.609. The lowest BCUT2D eigenvalue weighted by Gasteiger charge is -2.13. The first kappa shape index (κ1) is 12.2. The van der Waals surface area contributed by atoms with Gasteiger partial charge in [-0.15, -0.1) is 0 Å². The molecular formula is C14H21NO2. The number of hydrogen-bond donors (Lipinski definition) is 2. The smallest absolute Gasteiger partial charge is 0.157 e. The van der Waals surface area contributed by atoms with Gasteiger partial charge in [-0.2, -0.15) is 0 Å². The molecule has 1 heterocycles. The van der Waals surface area contributed by atoms with Gasteiger partial charge in [0.25, 0.3) is 0 Å². The van der Waals surface area contributed by atoms with E-state index in [0.29, 0.717) is 0 Å². The van der Waals surface area contributed by atoms with Crippen molar-refractivity contribution in [3.05, 3.63) is 23.8 Å². The predicted molar refractivity (Wildman–Crippen MR) is 68.4 cm³/mol. The Bertz CT molecular complexity index is 359. The molecule has 2 rings (SSSR count). The Labute approximate surface area is 103 Å². The molecule has 1 aromatic rings. The second kappa shape index (κ2) is 5.92. The van der Waals surface area contributed by atoms with Crippen LogP contribution in [-0.4, -0.2) is 34.7 Å². The molecule has 0 unspecified atom stereocenters. The van der Waals surface area contributed by atoms with Crippen LogP contribution in [0.4, 0.5) is 0 Å². The Morgan fingerprint density at radius 2 is 1.76 bits per heavy atom. The Hall–Kier alpha value is -1.22. The van der Waals surface area contributed by atoms with Gasteiger partial charge < -0.3 is 15.1 Å². The zero-order chi connectivity index (χ0) is 12.1. The van der Waals surface area contributed by atoms with Gasteiger partial charge in [-0.1, -0.05) is 6.07 Å². The van der Waals surface area contributed by atoms with Crippen molar-refractivity contribution in [2.75, 3.05) is 19.6 Å². The number of nitrogens with zero attached hydrogens (tertiary/aromatic N) is 1. The van der Waals surface area contributed by atoms with E-state index in [0.717, 1.165) is 18.4 Å². The molecule has 0 aromatic heterocycles. The summed E-state index contributed by atoms with van der Waals surface area (Å²) < 4.78 is 0. The van der Waals surface area contributed by atoms with E-state index in [1.807, 2.05) is 6.07 Å². The van der Waals surface area contributed by atoms with E-state index in [1.54, 1.807) is 12.1 Å². The number of likely N-dealkylation sites (tertiary alicyclic amines) is 1. The average Bonchev–Trinajstić information content (AvgIpc) is 2.82. The van der Waals surface area contributed by atoms with Gasteiger partial charge in [0, 0.05) is 0 Å². The molecule has 1 aliphatic rings. The Morgan fingerprint density at radius 3 is 2.47 bits per heavy atom. The van der Waals surface area contributed by atoms with Crippen molar-refractivity contribution in [3.63, 3.8) is 0 Å². The largest absolute Gasteiger partial charge is 0.504 e. The van der Waals surface area contributed by atoms with Crippen LogP contribution in [0.25, 0.3) is 0 Å². The number of aromatic hydroxyl groups is 2. The summed E-state index contributed by atoms with van der Waals surface area (Å²) in [6.45, 7) is 3.73. The average molecular weight is 235 g/mol. The van der Waals surface area contributed by atoms with Crippen molar-refractivity contribution < 1.29 is 10.2 Å². The molecule has 3 heteroatoms. The van der Waals surface area contributed by atoms with E-state index in [9.17, 15) is 10.2 Å². The summed E-state index contributed by atoms with van der Waals surface area (Å²) in [6, 6.07) is 5.10. The summed E-state index contributed by atoms with van der Waals surface area (Å²) in [5, 5.41) is 18.6. The number of phenolic OH excluding ortho intramolecular Hbond substituents is 2. The van der Waals surface area contributed by atoms with Gasteiger partial charge in [-0.05, 0) is 69.4 Å². The van der Waals surface area contributed by atoms with Gasteiger partial charge in [0.1, 0.15) is 0 Å². The van der Waals surface area contributed by atoms with Gasteiger partial charge in [0.15, 0.2) is 11.5 Å². The van der Waals surface area contributed by atoms with Gasteiger partial charge in [-0.3, -0.25) is 0 Å². The highest BCUT2D eigenvalue weighted by molar-refractivity contribution is 5.40. The fourth-order valence-corrected chi connectivity index (χ4v) is 2.40. The Kier molecular flexibility index (Phi) is 4.26. The molecule has 1 saturated heterocycles. The third-order valence-electron chi connectivity index (χ3n) is 3.43. The summed E-state index contributed by atoms with van der Waals surface area (Å²) in [5.74, 6) is -0.0483. The van der Waals surface area contributed by atoms with Crippen molar-refractivity contribution in [2.45, 2.75) is 32.1 Å². The van der Waals surface area contributed by atoms with Crippen molar-refractivity contribution in [1.82, 2.24) is 4.90 Å². The number of aryl methyl sites for hydroxylation is 1. The highest BCUT2D eigenvalue weighted by Gasteiger charge is 2.10. The fourth-order valence-electron chi connectivity index (χ4n) is 2.40. The van der Waals surface area contributed by atoms with Gasteiger partial charge >= 0.3 is 0 Å². The highest BCUT2D eigenvalue weighted by Crippen LogP contribution is 2.25. The van der Waals surface area contributed by atoms with Crippen molar-refractivity contribution >= 4 is 0 Å². The maximum Gasteiger partial charge on any atom is 0.157 e. The van der Waals surface area contributed by atoms with E-state index in [2.05, 4.69) is 4.90 Å². The SMILES string of the molecule is Oc1ccc(CCCCN2CCCC2)cc1O. The van der Waals surface area contributed by atoms with Crippen LogP contribution in [-0.2, 0) is 6.42 Å². The summed E-state index contributed by atoms with van der Waals surface area (Å²) >= 11 is 0. The highest BCUT2D eigenvalue weighted by atomic mass is 16.3. The van der Waals surface area contributed by atoms with Crippen LogP contribution in [0.15, 0.2) is 18.2 Å². The molecule has 1 aromatic carbocycles. The van der Waals surface area contributed by atoms with Crippen molar-refractivity contribution in [3.8, 4) is 11.5 Å². The van der Waals surface area contributed by atoms with Crippen LogP contribution >= 0.6 is 0 Å². The number of rotatable bonds is 5. The van der Waals surface area contributed by atoms with Gasteiger partial charge in [0.2, 0.25) is 0 Å². The predicted octanol–water partition coefficient (Wildman–Crippen LogP) is 2.52. The summed E-state index contributed by atoms with van der Waals surface area (Å²) in [7, 11) is 0. The van der Waals surface area contributed by atoms with Gasteiger partial charge in [-0.25, -0.2) is 0 Å². The number of benzene rings is 1. The van der Waals surface area contributed by atoms with Crippen LogP contribution in [0.5, 0.6) is 11.5 Å². The van der Waals surface area contributed by atoms with E-state index in [4.69, 9.17) is 0 Å². The Morgan fingerprint density at radius 1 is 1.00 bits per heavy atom. The van der Waals surface area contributed by atoms with Crippen molar-refractivity contribution in [1.29, 1.82) is 0 Å². The summed E-state index contributed by atoms with van der Waals surface area (Å²) in [6.07, 6.45) is 6.03. The molecule has 0 bridgehead atoms. The lowest BCUT2D eigenvalue weighted by Crippen LogP contribution is -2.20. The first-order valence-corrected chi connectivity index (χ1v) is 6.49. The molecule has 0 atom stereocenters. The van der Waals surface area contributed by atoms with Crippen LogP contribution in [0.3, 0.4) is 0 Å². The van der Waals surface area contributed by atoms with E-state index in [1.165, 1.54) is 38.9 Å². The molecular weight excluding hydrogens is 214 g/mol. The number of unbranched alkanes of at least 4 members (excludes halogenated alkanes) is 1. The molecule has 17 heavy (non-hydrogen) atoms. The molecule has 2 N–H and O–H groups in total. The normalized spacial score (nSPS) is 16.5. The molecule has 1 fully saturated rings. The maximum atomic E-state index is 9.37. The van der Waals surface area contributed by atoms with E-state index < -0.39 is 0 Å². The van der Waals surface area contributed by atoms with Crippen molar-refractivity contribution in [2.24, 2.45) is 0 Å². The molecule has 3 nitrogen and oxygen atoms in total. The minimum absolute atomic E-state index is 0.0120. The molecule has 1 aliphatic heterocycles. The molecule has 0 saturated carbocycles. The topological polar surface area (TPSA) is 43.7 Å². The second-order valence-electron chi connectivity index (χ2n) is 4.83. The lowest BCUT2D eigenvalue weighted by atomic mass is 10.1. The Balaban J connectivity index is 1.68. The minimum Gasteiger partial charge on any atom is -0.504 e. The minimum atomic E-state index is -0.0363.